The molecule has 0 aliphatic carbocycles. The van der Waals surface area contributed by atoms with Gasteiger partial charge in [-0.3, -0.25) is 9.48 Å². The van der Waals surface area contributed by atoms with Crippen LogP contribution >= 0.6 is 11.6 Å². The summed E-state index contributed by atoms with van der Waals surface area (Å²) in [5.41, 5.74) is 1.99. The minimum Gasteiger partial charge on any atom is -0.477 e. The first-order valence-corrected chi connectivity index (χ1v) is 13.7. The molecule has 40 heavy (non-hydrogen) atoms. The molecule has 3 aromatic heterocycles. The summed E-state index contributed by atoms with van der Waals surface area (Å²) in [6.45, 7) is 2.70. The van der Waals surface area contributed by atoms with Gasteiger partial charge in [0, 0.05) is 42.9 Å². The second-order valence-corrected chi connectivity index (χ2v) is 10.8. The minimum absolute atomic E-state index is 0.0118. The molecule has 2 aliphatic rings. The van der Waals surface area contributed by atoms with E-state index in [1.54, 1.807) is 40.0 Å². The summed E-state index contributed by atoms with van der Waals surface area (Å²) in [5, 5.41) is 14.1. The highest BCUT2D eigenvalue weighted by molar-refractivity contribution is 6.30. The third-order valence-corrected chi connectivity index (χ3v) is 7.89. The number of rotatable bonds is 8. The molecule has 4 aromatic rings. The fraction of sp³-hybridized carbons (Fsp3) is 0.393. The predicted molar refractivity (Wildman–Crippen MR) is 144 cm³/mol. The molecule has 1 atom stereocenters. The molecule has 2 fully saturated rings. The highest BCUT2D eigenvalue weighted by Crippen LogP contribution is 2.26. The zero-order valence-corrected chi connectivity index (χ0v) is 22.4. The molecule has 0 radical (unpaired) electrons. The Hall–Kier alpha value is -3.83. The van der Waals surface area contributed by atoms with E-state index in [2.05, 4.69) is 10.1 Å². The molecule has 10 nitrogen and oxygen atoms in total. The van der Waals surface area contributed by atoms with Crippen molar-refractivity contribution in [2.75, 3.05) is 19.7 Å². The summed E-state index contributed by atoms with van der Waals surface area (Å²) in [6, 6.07) is 9.33. The number of halogens is 2. The summed E-state index contributed by atoms with van der Waals surface area (Å²) in [7, 11) is 0. The van der Waals surface area contributed by atoms with Crippen LogP contribution in [-0.2, 0) is 24.2 Å². The second-order valence-electron chi connectivity index (χ2n) is 10.3. The van der Waals surface area contributed by atoms with E-state index in [0.29, 0.717) is 59.4 Å². The van der Waals surface area contributed by atoms with Crippen LogP contribution in [0.4, 0.5) is 4.39 Å². The summed E-state index contributed by atoms with van der Waals surface area (Å²) in [4.78, 5) is 35.6. The zero-order valence-electron chi connectivity index (χ0n) is 21.7. The first kappa shape index (κ1) is 26.4. The van der Waals surface area contributed by atoms with E-state index >= 15 is 0 Å². The third kappa shape index (κ3) is 5.44. The lowest BCUT2D eigenvalue weighted by Crippen LogP contribution is -2.39. The van der Waals surface area contributed by atoms with E-state index in [-0.39, 0.29) is 24.2 Å². The van der Waals surface area contributed by atoms with Crippen molar-refractivity contribution in [3.8, 4) is 0 Å². The second kappa shape index (κ2) is 11.0. The number of hydrogen-bond donors (Lipinski definition) is 1. The van der Waals surface area contributed by atoms with Crippen LogP contribution in [0.5, 0.6) is 0 Å². The van der Waals surface area contributed by atoms with Crippen LogP contribution in [0.15, 0.2) is 42.6 Å². The van der Waals surface area contributed by atoms with E-state index in [1.165, 1.54) is 12.1 Å². The van der Waals surface area contributed by atoms with Crippen LogP contribution in [0.2, 0.25) is 5.02 Å². The van der Waals surface area contributed by atoms with Crippen LogP contribution in [0.25, 0.3) is 11.2 Å². The van der Waals surface area contributed by atoms with Gasteiger partial charge < -0.3 is 19.3 Å². The van der Waals surface area contributed by atoms with Crippen LogP contribution in [0.3, 0.4) is 0 Å². The molecule has 0 saturated carbocycles. The number of benzene rings is 1. The highest BCUT2D eigenvalue weighted by Gasteiger charge is 2.28. The van der Waals surface area contributed by atoms with Crippen molar-refractivity contribution in [3.63, 3.8) is 0 Å². The van der Waals surface area contributed by atoms with Gasteiger partial charge in [0.05, 0.1) is 19.2 Å². The molecule has 12 heteroatoms. The van der Waals surface area contributed by atoms with Gasteiger partial charge in [-0.05, 0) is 55.5 Å². The lowest BCUT2D eigenvalue weighted by molar-refractivity contribution is -0.0591. The van der Waals surface area contributed by atoms with Crippen LogP contribution in [0.1, 0.15) is 51.6 Å². The van der Waals surface area contributed by atoms with E-state index in [0.717, 1.165) is 31.7 Å². The number of piperidine rings is 1. The Kier molecular flexibility index (Phi) is 7.24. The molecule has 1 amide bonds. The Morgan fingerprint density at radius 1 is 1.07 bits per heavy atom. The smallest absolute Gasteiger partial charge is 0.354 e. The summed E-state index contributed by atoms with van der Waals surface area (Å²) >= 11 is 5.83. The molecule has 0 bridgehead atoms. The number of fused-ring (bicyclic) bond motifs is 1. The average Bonchev–Trinajstić information content (AvgIpc) is 3.52. The number of pyridine rings is 1. The van der Waals surface area contributed by atoms with E-state index in [4.69, 9.17) is 21.3 Å². The number of ether oxygens (including phenoxy) is 1. The third-order valence-electron chi connectivity index (χ3n) is 7.65. The molecule has 0 spiro atoms. The normalized spacial score (nSPS) is 17.8. The monoisotopic (exact) mass is 566 g/mol. The summed E-state index contributed by atoms with van der Waals surface area (Å²) in [5.74, 6) is -0.460. The van der Waals surface area contributed by atoms with Crippen molar-refractivity contribution in [1.82, 2.24) is 29.2 Å². The van der Waals surface area contributed by atoms with Crippen LogP contribution < -0.4 is 0 Å². The molecule has 1 N–H and O–H groups in total. The maximum Gasteiger partial charge on any atom is 0.354 e. The van der Waals surface area contributed by atoms with Gasteiger partial charge in [-0.15, -0.1) is 0 Å². The number of carboxylic acids is 1. The Labute approximate surface area is 234 Å². The van der Waals surface area contributed by atoms with Gasteiger partial charge in [0.25, 0.3) is 5.91 Å². The molecular formula is C28H28ClFN6O4. The zero-order chi connectivity index (χ0) is 27.8. The molecule has 5 heterocycles. The predicted octanol–water partition coefficient (Wildman–Crippen LogP) is 4.05. The number of likely N-dealkylation sites (tertiary alicyclic amines) is 1. The topological polar surface area (TPSA) is 115 Å². The Morgan fingerprint density at radius 3 is 2.58 bits per heavy atom. The molecule has 208 valence electrons. The van der Waals surface area contributed by atoms with Crippen molar-refractivity contribution in [2.24, 2.45) is 5.92 Å². The van der Waals surface area contributed by atoms with Crippen molar-refractivity contribution in [3.05, 3.63) is 76.2 Å². The maximum atomic E-state index is 14.2. The van der Waals surface area contributed by atoms with Gasteiger partial charge in [0.15, 0.2) is 11.3 Å². The number of imidazole rings is 1. The van der Waals surface area contributed by atoms with E-state index in [1.807, 2.05) is 4.57 Å². The van der Waals surface area contributed by atoms with Crippen LogP contribution in [0, 0.1) is 11.7 Å². The number of aromatic nitrogens is 5. The van der Waals surface area contributed by atoms with Crippen LogP contribution in [-0.4, -0.2) is 72.0 Å². The van der Waals surface area contributed by atoms with Gasteiger partial charge in [0.2, 0.25) is 0 Å². The first-order valence-electron chi connectivity index (χ1n) is 13.3. The molecule has 2 aliphatic heterocycles. The Balaban J connectivity index is 1.10. The highest BCUT2D eigenvalue weighted by atomic mass is 35.5. The first-order chi connectivity index (χ1) is 19.3. The average molecular weight is 567 g/mol. The number of carbonyl (C=O) groups is 2. The van der Waals surface area contributed by atoms with Gasteiger partial charge in [0.1, 0.15) is 22.9 Å². The Morgan fingerprint density at radius 2 is 1.88 bits per heavy atom. The van der Waals surface area contributed by atoms with E-state index in [9.17, 15) is 19.1 Å². The molecule has 6 rings (SSSR count). The lowest BCUT2D eigenvalue weighted by Gasteiger charge is -2.32. The number of carbonyl (C=O) groups excluding carboxylic acids is 1. The van der Waals surface area contributed by atoms with Gasteiger partial charge >= 0.3 is 5.97 Å². The van der Waals surface area contributed by atoms with E-state index < -0.39 is 11.8 Å². The van der Waals surface area contributed by atoms with Gasteiger partial charge in [-0.25, -0.2) is 19.2 Å². The maximum absolute atomic E-state index is 14.2. The molecule has 1 aromatic carbocycles. The number of nitrogens with zero attached hydrogens (tertiary/aromatic N) is 6. The van der Waals surface area contributed by atoms with Gasteiger partial charge in [-0.2, -0.15) is 5.10 Å². The quantitative estimate of drug-likeness (QED) is 0.342. The number of carboxylic acid groups (broad SMARTS) is 1. The minimum atomic E-state index is -1.07. The van der Waals surface area contributed by atoms with Crippen molar-refractivity contribution in [1.29, 1.82) is 0 Å². The van der Waals surface area contributed by atoms with Crippen molar-refractivity contribution in [2.45, 2.75) is 44.9 Å². The number of aromatic carboxylic acids is 1. The lowest BCUT2D eigenvalue weighted by atomic mass is 9.93. The molecular weight excluding hydrogens is 539 g/mol. The molecule has 2 saturated heterocycles. The fourth-order valence-corrected chi connectivity index (χ4v) is 5.45. The fourth-order valence-electron chi connectivity index (χ4n) is 5.30. The largest absolute Gasteiger partial charge is 0.477 e. The summed E-state index contributed by atoms with van der Waals surface area (Å²) in [6.07, 6.45) is 5.01. The van der Waals surface area contributed by atoms with Gasteiger partial charge in [-0.1, -0.05) is 17.7 Å². The SMILES string of the molecule is O=C(O)c1ccc2nc(CC3CCN(C(=O)c4ccn(Cc5ccc(Cl)cc5F)n4)CC3)n(CC3CCO3)c2n1. The molecule has 1 unspecified atom stereocenters. The number of hydrogen-bond acceptors (Lipinski definition) is 6. The Bertz CT molecular complexity index is 1570. The van der Waals surface area contributed by atoms with Crippen molar-refractivity contribution >= 4 is 34.6 Å². The number of amides is 1. The van der Waals surface area contributed by atoms with Crippen molar-refractivity contribution < 1.29 is 23.8 Å². The summed E-state index contributed by atoms with van der Waals surface area (Å²) < 4.78 is 23.3. The standard InChI is InChI=1S/C28H28ClFN6O4/c29-19-2-1-18(21(30)14-19)15-35-11-7-23(33-35)27(37)34-9-5-17(6-10-34)13-25-31-22-3-4-24(28(38)39)32-26(22)36(25)16-20-8-12-40-20/h1-4,7,11,14,17,20H,5-6,8-10,12-13,15-16H2,(H,38,39).